The zero-order chi connectivity index (χ0) is 21.7. The van der Waals surface area contributed by atoms with Crippen LogP contribution in [0.5, 0.6) is 0 Å². The predicted molar refractivity (Wildman–Crippen MR) is 112 cm³/mol. The number of rotatable bonds is 4. The Balaban J connectivity index is 1.55. The highest BCUT2D eigenvalue weighted by atomic mass is 16.5. The van der Waals surface area contributed by atoms with Gasteiger partial charge in [-0.25, -0.2) is 0 Å². The van der Waals surface area contributed by atoms with Crippen molar-refractivity contribution in [1.29, 1.82) is 0 Å². The van der Waals surface area contributed by atoms with E-state index in [1.807, 2.05) is 0 Å². The molecule has 4 fully saturated rings. The maximum absolute atomic E-state index is 11.5. The molecule has 1 aliphatic heterocycles. The van der Waals surface area contributed by atoms with Crippen LogP contribution < -0.4 is 10.0 Å². The second-order valence-electron chi connectivity index (χ2n) is 11.9. The van der Waals surface area contributed by atoms with Gasteiger partial charge in [-0.3, -0.25) is 4.79 Å². The lowest BCUT2D eigenvalue weighted by Gasteiger charge is -2.67. The van der Waals surface area contributed by atoms with E-state index >= 15 is 0 Å². The average molecular weight is 420 g/mol. The number of aliphatic carboxylic acids is 1. The minimum absolute atomic E-state index is 0.0961. The van der Waals surface area contributed by atoms with Crippen molar-refractivity contribution in [3.05, 3.63) is 0 Å². The number of hydrogen-bond acceptors (Lipinski definition) is 4. The molecule has 170 valence electrons. The Labute approximate surface area is 181 Å². The quantitative estimate of drug-likeness (QED) is 0.706. The predicted octanol–water partition coefficient (Wildman–Crippen LogP) is 1.84. The summed E-state index contributed by atoms with van der Waals surface area (Å²) in [7, 11) is 0. The van der Waals surface area contributed by atoms with Gasteiger partial charge in [0.25, 0.3) is 0 Å². The maximum atomic E-state index is 11.5. The van der Waals surface area contributed by atoms with Crippen LogP contribution in [-0.4, -0.2) is 38.2 Å². The van der Waals surface area contributed by atoms with E-state index in [1.165, 1.54) is 50.3 Å². The number of carboxylic acids is 1. The molecule has 0 amide bonds. The fourth-order valence-electron chi connectivity index (χ4n) is 9.17. The first-order valence-electron chi connectivity index (χ1n) is 12.3. The van der Waals surface area contributed by atoms with Gasteiger partial charge in [-0.05, 0) is 67.1 Å². The summed E-state index contributed by atoms with van der Waals surface area (Å²) in [5.41, 5.74) is 0.778. The Morgan fingerprint density at radius 1 is 1.00 bits per heavy atom. The van der Waals surface area contributed by atoms with Gasteiger partial charge in [-0.2, -0.15) is 0 Å². The Morgan fingerprint density at radius 2 is 1.77 bits per heavy atom. The third-order valence-corrected chi connectivity index (χ3v) is 10.3. The van der Waals surface area contributed by atoms with Crippen molar-refractivity contribution < 1.29 is 24.3 Å². The Bertz CT molecular complexity index is 695. The Kier molecular flexibility index (Phi) is 5.74. The van der Waals surface area contributed by atoms with Gasteiger partial charge in [0.15, 0.2) is 0 Å². The Hall–Kier alpha value is -1.10. The van der Waals surface area contributed by atoms with Crippen LogP contribution in [0.2, 0.25) is 0 Å². The molecule has 5 nitrogen and oxygen atoms in total. The fourth-order valence-corrected chi connectivity index (χ4v) is 9.17. The molecule has 1 N–H and O–H groups in total. The molecule has 8 atom stereocenters. The van der Waals surface area contributed by atoms with Crippen LogP contribution in [0.3, 0.4) is 0 Å². The summed E-state index contributed by atoms with van der Waals surface area (Å²) in [5, 5.41) is 11.1. The standard InChI is InChI=1S/C25H41NO4/c1-17(27)30-16-23(2)10-5-11-25(4)20(23)8-12-24(3)19-9-13-26(15-22(28)29)14-18(19)6-7-21(24)25/h18-21H,5-16H2,1-4H3,(H,28,29)/t18?,19?,20-,21-,23+,24-,25-/m0/s1. The average Bonchev–Trinajstić information content (AvgIpc) is 2.65. The monoisotopic (exact) mass is 419 g/mol. The third-order valence-electron chi connectivity index (χ3n) is 10.3. The topological polar surface area (TPSA) is 70.9 Å². The van der Waals surface area contributed by atoms with E-state index in [0.717, 1.165) is 37.8 Å². The highest BCUT2D eigenvalue weighted by molar-refractivity contribution is 5.66. The molecular formula is C25H41NO4. The number of likely N-dealkylation sites (tertiary alicyclic amines) is 1. The second-order valence-corrected chi connectivity index (χ2v) is 11.9. The van der Waals surface area contributed by atoms with Gasteiger partial charge >= 0.3 is 5.97 Å². The smallest absolute Gasteiger partial charge is 0.302 e. The lowest BCUT2D eigenvalue weighted by molar-refractivity contribution is -0.905. The number of piperidine rings is 1. The summed E-state index contributed by atoms with van der Waals surface area (Å²) in [6.45, 7) is 11.7. The van der Waals surface area contributed by atoms with Crippen molar-refractivity contribution in [2.24, 2.45) is 39.9 Å². The number of fused-ring (bicyclic) bond motifs is 5. The van der Waals surface area contributed by atoms with E-state index in [4.69, 9.17) is 4.74 Å². The highest BCUT2D eigenvalue weighted by Crippen LogP contribution is 2.69. The minimum Gasteiger partial charge on any atom is -0.544 e. The summed E-state index contributed by atoms with van der Waals surface area (Å²) in [6, 6.07) is 0. The van der Waals surface area contributed by atoms with E-state index in [2.05, 4.69) is 20.8 Å². The fraction of sp³-hybridized carbons (Fsp3) is 0.920. The van der Waals surface area contributed by atoms with Gasteiger partial charge in [0, 0.05) is 24.7 Å². The maximum Gasteiger partial charge on any atom is 0.302 e. The molecule has 3 aliphatic carbocycles. The summed E-state index contributed by atoms with van der Waals surface area (Å²) < 4.78 is 5.57. The molecule has 5 heteroatoms. The molecule has 0 radical (unpaired) electrons. The molecule has 3 unspecified atom stereocenters. The molecule has 3 saturated carbocycles. The van der Waals surface area contributed by atoms with E-state index in [0.29, 0.717) is 29.3 Å². The van der Waals surface area contributed by atoms with E-state index in [9.17, 15) is 14.7 Å². The van der Waals surface area contributed by atoms with Crippen LogP contribution in [0.4, 0.5) is 0 Å². The van der Waals surface area contributed by atoms with Gasteiger partial charge in [-0.1, -0.05) is 27.2 Å². The van der Waals surface area contributed by atoms with Gasteiger partial charge in [0.1, 0.15) is 6.54 Å². The molecule has 0 spiro atoms. The molecule has 1 heterocycles. The first kappa shape index (κ1) is 22.1. The summed E-state index contributed by atoms with van der Waals surface area (Å²) >= 11 is 0. The molecule has 0 aromatic heterocycles. The number of hydrogen-bond donors (Lipinski definition) is 1. The van der Waals surface area contributed by atoms with Crippen molar-refractivity contribution >= 4 is 11.9 Å². The van der Waals surface area contributed by atoms with Gasteiger partial charge in [0.2, 0.25) is 0 Å². The summed E-state index contributed by atoms with van der Waals surface area (Å²) in [5.74, 6) is 1.66. The van der Waals surface area contributed by atoms with E-state index < -0.39 is 5.97 Å². The molecule has 0 aromatic carbocycles. The molecule has 0 aromatic rings. The third kappa shape index (κ3) is 3.59. The number of ether oxygens (including phenoxy) is 1. The molecular weight excluding hydrogens is 378 g/mol. The van der Waals surface area contributed by atoms with Crippen LogP contribution in [0.15, 0.2) is 0 Å². The summed E-state index contributed by atoms with van der Waals surface area (Å²) in [6.07, 6.45) is 9.87. The van der Waals surface area contributed by atoms with Crippen molar-refractivity contribution in [3.8, 4) is 0 Å². The van der Waals surface area contributed by atoms with Crippen molar-refractivity contribution in [2.75, 3.05) is 26.2 Å². The largest absolute Gasteiger partial charge is 0.544 e. The zero-order valence-corrected chi connectivity index (χ0v) is 19.4. The van der Waals surface area contributed by atoms with Crippen molar-refractivity contribution in [2.45, 2.75) is 79.1 Å². The van der Waals surface area contributed by atoms with E-state index in [1.54, 1.807) is 0 Å². The van der Waals surface area contributed by atoms with Crippen molar-refractivity contribution in [1.82, 2.24) is 0 Å². The van der Waals surface area contributed by atoms with E-state index in [-0.39, 0.29) is 17.9 Å². The molecule has 4 aliphatic rings. The number of carboxylic acid groups (broad SMARTS) is 1. The van der Waals surface area contributed by atoms with Gasteiger partial charge in [-0.15, -0.1) is 0 Å². The number of nitrogens with one attached hydrogen (secondary N) is 1. The van der Waals surface area contributed by atoms with Crippen LogP contribution >= 0.6 is 0 Å². The zero-order valence-electron chi connectivity index (χ0n) is 19.4. The number of carbonyl (C=O) groups excluding carboxylic acids is 2. The normalized spacial score (nSPS) is 48.1. The number of carbonyl (C=O) groups is 2. The van der Waals surface area contributed by atoms with Crippen LogP contribution in [0, 0.1) is 39.9 Å². The first-order chi connectivity index (χ1) is 14.1. The van der Waals surface area contributed by atoms with Crippen LogP contribution in [0.1, 0.15) is 79.1 Å². The molecule has 30 heavy (non-hydrogen) atoms. The number of esters is 1. The van der Waals surface area contributed by atoms with Crippen LogP contribution in [-0.2, 0) is 14.3 Å². The number of quaternary nitrogens is 1. The second kappa shape index (κ2) is 7.79. The summed E-state index contributed by atoms with van der Waals surface area (Å²) in [4.78, 5) is 23.9. The molecule has 1 saturated heterocycles. The molecule has 4 rings (SSSR count). The lowest BCUT2D eigenvalue weighted by atomic mass is 9.38. The van der Waals surface area contributed by atoms with Crippen LogP contribution in [0.25, 0.3) is 0 Å². The highest BCUT2D eigenvalue weighted by Gasteiger charge is 2.63. The van der Waals surface area contributed by atoms with Crippen molar-refractivity contribution in [3.63, 3.8) is 0 Å². The lowest BCUT2D eigenvalue weighted by Crippen LogP contribution is -3.15. The SMILES string of the molecule is CC(=O)OC[C@@]1(C)CCC[C@]2(C)[C@H]3CCC4C[NH+](CC(=O)[O-])CCC4[C@]3(C)CC[C@@H]12. The van der Waals surface area contributed by atoms with Gasteiger partial charge in [0.05, 0.1) is 25.7 Å². The molecule has 0 bridgehead atoms. The first-order valence-corrected chi connectivity index (χ1v) is 12.3. The minimum atomic E-state index is -0.911. The Morgan fingerprint density at radius 3 is 2.47 bits per heavy atom. The van der Waals surface area contributed by atoms with Gasteiger partial charge < -0.3 is 19.5 Å².